The molecule has 7 heteroatoms. The molecule has 0 aliphatic heterocycles. The normalized spacial score (nSPS) is 21.5. The summed E-state index contributed by atoms with van der Waals surface area (Å²) in [5.74, 6) is 0.387. The van der Waals surface area contributed by atoms with E-state index in [-0.39, 0.29) is 10.8 Å². The highest BCUT2D eigenvalue weighted by Crippen LogP contribution is 2.70. The third-order valence-electron chi connectivity index (χ3n) is 4.83. The van der Waals surface area contributed by atoms with E-state index in [4.69, 9.17) is 0 Å². The number of carbonyl (C=O) groups excluding carboxylic acids is 1. The lowest BCUT2D eigenvalue weighted by Crippen LogP contribution is -2.23. The van der Waals surface area contributed by atoms with Gasteiger partial charge in [-0.3, -0.25) is 4.79 Å². The van der Waals surface area contributed by atoms with E-state index in [1.807, 2.05) is 0 Å². The van der Waals surface area contributed by atoms with Crippen LogP contribution < -0.4 is 15.4 Å². The summed E-state index contributed by atoms with van der Waals surface area (Å²) in [6.07, 6.45) is 3.91. The Labute approximate surface area is 130 Å². The van der Waals surface area contributed by atoms with E-state index in [9.17, 15) is 13.2 Å². The van der Waals surface area contributed by atoms with Gasteiger partial charge in [-0.2, -0.15) is 0 Å². The SMILES string of the molecule is CNC(=O)c1cc(S(=O)(=O)NC)ccc1NCC1CC12CC2. The first-order valence-corrected chi connectivity index (χ1v) is 8.94. The van der Waals surface area contributed by atoms with Gasteiger partial charge < -0.3 is 10.6 Å². The maximum atomic E-state index is 12.0. The van der Waals surface area contributed by atoms with Crippen molar-refractivity contribution in [3.8, 4) is 0 Å². The van der Waals surface area contributed by atoms with Gasteiger partial charge in [0.15, 0.2) is 0 Å². The van der Waals surface area contributed by atoms with Crippen LogP contribution in [0.1, 0.15) is 29.6 Å². The van der Waals surface area contributed by atoms with Gasteiger partial charge in [0.1, 0.15) is 0 Å². The molecule has 1 atom stereocenters. The highest BCUT2D eigenvalue weighted by atomic mass is 32.2. The Kier molecular flexibility index (Phi) is 3.65. The number of rotatable bonds is 6. The van der Waals surface area contributed by atoms with Gasteiger partial charge >= 0.3 is 0 Å². The van der Waals surface area contributed by atoms with Gasteiger partial charge in [0.2, 0.25) is 10.0 Å². The Morgan fingerprint density at radius 3 is 2.59 bits per heavy atom. The molecule has 1 aromatic carbocycles. The first-order chi connectivity index (χ1) is 10.4. The largest absolute Gasteiger partial charge is 0.384 e. The van der Waals surface area contributed by atoms with E-state index in [1.54, 1.807) is 6.07 Å². The fourth-order valence-electron chi connectivity index (χ4n) is 3.01. The molecule has 2 aliphatic carbocycles. The second kappa shape index (κ2) is 5.24. The molecule has 1 spiro atoms. The highest BCUT2D eigenvalue weighted by Gasteiger charge is 2.62. The van der Waals surface area contributed by atoms with Crippen LogP contribution in [0.4, 0.5) is 5.69 Å². The van der Waals surface area contributed by atoms with Crippen molar-refractivity contribution in [3.05, 3.63) is 23.8 Å². The van der Waals surface area contributed by atoms with Crippen molar-refractivity contribution in [2.45, 2.75) is 24.2 Å². The van der Waals surface area contributed by atoms with Crippen LogP contribution in [0.3, 0.4) is 0 Å². The van der Waals surface area contributed by atoms with E-state index >= 15 is 0 Å². The minimum absolute atomic E-state index is 0.0873. The Bertz CT molecular complexity index is 711. The molecular weight excluding hydrogens is 302 g/mol. The lowest BCUT2D eigenvalue weighted by molar-refractivity contribution is 0.0963. The maximum absolute atomic E-state index is 12.0. The molecule has 0 heterocycles. The topological polar surface area (TPSA) is 87.3 Å². The summed E-state index contributed by atoms with van der Waals surface area (Å²) < 4.78 is 26.0. The summed E-state index contributed by atoms with van der Waals surface area (Å²) in [4.78, 5) is 12.1. The van der Waals surface area contributed by atoms with Crippen LogP contribution in [0.2, 0.25) is 0 Å². The van der Waals surface area contributed by atoms with Gasteiger partial charge in [-0.05, 0) is 55.8 Å². The third-order valence-corrected chi connectivity index (χ3v) is 6.24. The van der Waals surface area contributed by atoms with Gasteiger partial charge in [0.05, 0.1) is 10.5 Å². The van der Waals surface area contributed by atoms with Crippen LogP contribution in [0, 0.1) is 11.3 Å². The molecule has 1 aromatic rings. The molecule has 6 nitrogen and oxygen atoms in total. The van der Waals surface area contributed by atoms with Gasteiger partial charge in [-0.1, -0.05) is 0 Å². The molecule has 2 saturated carbocycles. The van der Waals surface area contributed by atoms with Crippen LogP contribution in [0.15, 0.2) is 23.1 Å². The molecule has 120 valence electrons. The molecule has 22 heavy (non-hydrogen) atoms. The maximum Gasteiger partial charge on any atom is 0.253 e. The first kappa shape index (κ1) is 15.3. The summed E-state index contributed by atoms with van der Waals surface area (Å²) in [5.41, 5.74) is 1.62. The lowest BCUT2D eigenvalue weighted by Gasteiger charge is -2.13. The highest BCUT2D eigenvalue weighted by molar-refractivity contribution is 7.89. The standard InChI is InChI=1S/C15H21N3O3S/c1-16-14(19)12-7-11(22(20,21)17-2)3-4-13(12)18-9-10-8-15(10)5-6-15/h3-4,7,10,17-18H,5-6,8-9H2,1-2H3,(H,16,19). The molecule has 0 saturated heterocycles. The van der Waals surface area contributed by atoms with E-state index in [2.05, 4.69) is 15.4 Å². The van der Waals surface area contributed by atoms with Crippen LogP contribution in [-0.4, -0.2) is 35.0 Å². The predicted octanol–water partition coefficient (Wildman–Crippen LogP) is 1.17. The molecule has 2 aliphatic rings. The average molecular weight is 323 g/mol. The van der Waals surface area contributed by atoms with E-state index in [0.29, 0.717) is 22.6 Å². The fourth-order valence-corrected chi connectivity index (χ4v) is 3.77. The van der Waals surface area contributed by atoms with Crippen molar-refractivity contribution in [1.29, 1.82) is 0 Å². The lowest BCUT2D eigenvalue weighted by atomic mass is 10.1. The molecule has 1 unspecified atom stereocenters. The average Bonchev–Trinajstić information content (AvgIpc) is 3.44. The Hall–Kier alpha value is -1.60. The second-order valence-electron chi connectivity index (χ2n) is 6.14. The van der Waals surface area contributed by atoms with Crippen molar-refractivity contribution in [1.82, 2.24) is 10.0 Å². The number of benzene rings is 1. The fraction of sp³-hybridized carbons (Fsp3) is 0.533. The van der Waals surface area contributed by atoms with Crippen LogP contribution in [0.25, 0.3) is 0 Å². The minimum Gasteiger partial charge on any atom is -0.384 e. The molecule has 0 bridgehead atoms. The van der Waals surface area contributed by atoms with Gasteiger partial charge in [-0.15, -0.1) is 0 Å². The Balaban J connectivity index is 1.83. The molecule has 0 aromatic heterocycles. The number of sulfonamides is 1. The number of hydrogen-bond acceptors (Lipinski definition) is 4. The third kappa shape index (κ3) is 2.70. The van der Waals surface area contributed by atoms with E-state index < -0.39 is 10.0 Å². The molecule has 2 fully saturated rings. The summed E-state index contributed by atoms with van der Waals surface area (Å²) >= 11 is 0. The van der Waals surface area contributed by atoms with Crippen LogP contribution in [-0.2, 0) is 10.0 Å². The summed E-state index contributed by atoms with van der Waals surface area (Å²) in [6, 6.07) is 4.59. The molecular formula is C15H21N3O3S. The van der Waals surface area contributed by atoms with Crippen LogP contribution in [0.5, 0.6) is 0 Å². The zero-order valence-corrected chi connectivity index (χ0v) is 13.6. The van der Waals surface area contributed by atoms with Gasteiger partial charge in [0.25, 0.3) is 5.91 Å². The van der Waals surface area contributed by atoms with Crippen molar-refractivity contribution in [2.75, 3.05) is 26.0 Å². The summed E-state index contributed by atoms with van der Waals surface area (Å²) in [7, 11) is -0.681. The first-order valence-electron chi connectivity index (χ1n) is 7.45. The minimum atomic E-state index is -3.56. The van der Waals surface area contributed by atoms with Crippen molar-refractivity contribution in [2.24, 2.45) is 11.3 Å². The van der Waals surface area contributed by atoms with Gasteiger partial charge in [-0.25, -0.2) is 13.1 Å². The quantitative estimate of drug-likeness (QED) is 0.733. The molecule has 3 N–H and O–H groups in total. The number of hydrogen-bond donors (Lipinski definition) is 3. The number of anilines is 1. The van der Waals surface area contributed by atoms with E-state index in [0.717, 1.165) is 6.54 Å². The summed E-state index contributed by atoms with van der Waals surface area (Å²) in [6.45, 7) is 0.835. The summed E-state index contributed by atoms with van der Waals surface area (Å²) in [5, 5.41) is 5.86. The predicted molar refractivity (Wildman–Crippen MR) is 84.3 cm³/mol. The second-order valence-corrected chi connectivity index (χ2v) is 8.02. The Morgan fingerprint density at radius 2 is 2.05 bits per heavy atom. The zero-order valence-electron chi connectivity index (χ0n) is 12.8. The Morgan fingerprint density at radius 1 is 1.32 bits per heavy atom. The number of carbonyl (C=O) groups is 1. The smallest absolute Gasteiger partial charge is 0.253 e. The number of nitrogens with one attached hydrogen (secondary N) is 3. The molecule has 3 rings (SSSR count). The van der Waals surface area contributed by atoms with E-state index in [1.165, 1.54) is 45.5 Å². The van der Waals surface area contributed by atoms with Crippen molar-refractivity contribution >= 4 is 21.6 Å². The molecule has 1 amide bonds. The molecule has 0 radical (unpaired) electrons. The van der Waals surface area contributed by atoms with Gasteiger partial charge in [0, 0.05) is 19.3 Å². The van der Waals surface area contributed by atoms with Crippen molar-refractivity contribution in [3.63, 3.8) is 0 Å². The van der Waals surface area contributed by atoms with Crippen molar-refractivity contribution < 1.29 is 13.2 Å². The zero-order chi connectivity index (χ0) is 16.0. The monoisotopic (exact) mass is 323 g/mol. The van der Waals surface area contributed by atoms with Crippen LogP contribution >= 0.6 is 0 Å². The number of amides is 1.